The number of rotatable bonds is 0. The average Bonchev–Trinajstić information content (AvgIpc) is 1.36. The van der Waals surface area contributed by atoms with Crippen molar-refractivity contribution in [2.45, 2.75) is 0 Å². The van der Waals surface area contributed by atoms with Gasteiger partial charge >= 0.3 is 103 Å². The van der Waals surface area contributed by atoms with Gasteiger partial charge in [0.2, 0.25) is 0 Å². The molecule has 0 spiro atoms. The fourth-order valence-corrected chi connectivity index (χ4v) is 0. The van der Waals surface area contributed by atoms with Crippen molar-refractivity contribution in [1.29, 1.82) is 0 Å². The van der Waals surface area contributed by atoms with E-state index in [-0.39, 0.29) is 103 Å². The molecule has 0 saturated carbocycles. The largest absolute Gasteiger partial charge is 1.00 e. The molecule has 5 nitrogen and oxygen atoms in total. The van der Waals surface area contributed by atoms with Gasteiger partial charge in [0.25, 0.3) is 0 Å². The van der Waals surface area contributed by atoms with Crippen LogP contribution in [-0.4, -0.2) is 24.3 Å². The Morgan fingerprint density at radius 1 is 1.00 bits per heavy atom. The SMILES string of the molecule is C=O.O=S(=O)([O-])[O-].[K+].[K+]. The van der Waals surface area contributed by atoms with Crippen LogP contribution in [-0.2, 0) is 15.2 Å². The van der Waals surface area contributed by atoms with E-state index in [0.717, 1.165) is 0 Å². The molecule has 0 rings (SSSR count). The van der Waals surface area contributed by atoms with Crippen LogP contribution in [0.5, 0.6) is 0 Å². The van der Waals surface area contributed by atoms with Crippen molar-refractivity contribution in [3.05, 3.63) is 0 Å². The molecule has 0 fully saturated rings. The Labute approximate surface area is 138 Å². The molecule has 0 amide bonds. The van der Waals surface area contributed by atoms with Crippen LogP contribution in [0.3, 0.4) is 0 Å². The summed E-state index contributed by atoms with van der Waals surface area (Å²) >= 11 is 0. The van der Waals surface area contributed by atoms with E-state index in [1.807, 2.05) is 6.79 Å². The molecule has 0 heterocycles. The van der Waals surface area contributed by atoms with E-state index in [1.165, 1.54) is 0 Å². The van der Waals surface area contributed by atoms with Crippen LogP contribution < -0.4 is 103 Å². The summed E-state index contributed by atoms with van der Waals surface area (Å²) in [6.45, 7) is 2.00. The first-order valence-corrected chi connectivity index (χ1v) is 2.29. The van der Waals surface area contributed by atoms with Crippen LogP contribution in [0.1, 0.15) is 0 Å². The fraction of sp³-hybridized carbons (Fsp3) is 0. The molecule has 0 aliphatic carbocycles. The second-order valence-electron chi connectivity index (χ2n) is 0.408. The van der Waals surface area contributed by atoms with Crippen molar-refractivity contribution in [2.24, 2.45) is 0 Å². The van der Waals surface area contributed by atoms with Crippen molar-refractivity contribution < 1.29 is 125 Å². The summed E-state index contributed by atoms with van der Waals surface area (Å²) in [5.74, 6) is 0. The molecule has 9 heavy (non-hydrogen) atoms. The number of hydrogen-bond donors (Lipinski definition) is 0. The van der Waals surface area contributed by atoms with Crippen molar-refractivity contribution in [2.75, 3.05) is 0 Å². The van der Waals surface area contributed by atoms with Crippen LogP contribution >= 0.6 is 0 Å². The molecule has 0 aromatic carbocycles. The predicted molar refractivity (Wildman–Crippen MR) is 17.6 cm³/mol. The number of carbonyl (C=O) groups is 1. The first kappa shape index (κ1) is 22.6. The van der Waals surface area contributed by atoms with Gasteiger partial charge < -0.3 is 13.9 Å². The van der Waals surface area contributed by atoms with Gasteiger partial charge in [0, 0.05) is 10.4 Å². The molecule has 0 N–H and O–H groups in total. The van der Waals surface area contributed by atoms with Gasteiger partial charge in [-0.05, 0) is 0 Å². The van der Waals surface area contributed by atoms with E-state index in [9.17, 15) is 0 Å². The summed E-state index contributed by atoms with van der Waals surface area (Å²) in [5.41, 5.74) is 0. The first-order chi connectivity index (χ1) is 3.00. The molecule has 0 aromatic rings. The van der Waals surface area contributed by atoms with Gasteiger partial charge in [0.1, 0.15) is 6.79 Å². The molecule has 0 saturated heterocycles. The summed E-state index contributed by atoms with van der Waals surface area (Å²) in [7, 11) is -5.17. The van der Waals surface area contributed by atoms with Gasteiger partial charge in [-0.15, -0.1) is 0 Å². The molecule has 0 aliphatic rings. The minimum absolute atomic E-state index is 0. The van der Waals surface area contributed by atoms with Gasteiger partial charge in [-0.1, -0.05) is 0 Å². The summed E-state index contributed by atoms with van der Waals surface area (Å²) < 4.78 is 34.1. The zero-order chi connectivity index (χ0) is 6.50. The average molecular weight is 204 g/mol. The van der Waals surface area contributed by atoms with E-state index in [2.05, 4.69) is 0 Å². The standard InChI is InChI=1S/CH2O.2K.H2O4S/c1-2;;;1-5(2,3)4/h1H2;;;(H2,1,2,3,4)/q;2*+1;/p-2. The quantitative estimate of drug-likeness (QED) is 0.222. The Morgan fingerprint density at radius 3 is 1.00 bits per heavy atom. The van der Waals surface area contributed by atoms with E-state index in [4.69, 9.17) is 22.3 Å². The fourth-order valence-electron chi connectivity index (χ4n) is 0. The van der Waals surface area contributed by atoms with E-state index < -0.39 is 10.4 Å². The summed E-state index contributed by atoms with van der Waals surface area (Å²) in [4.78, 5) is 8.00. The smallest absolute Gasteiger partial charge is 0.759 e. The second-order valence-corrected chi connectivity index (χ2v) is 1.22. The van der Waals surface area contributed by atoms with E-state index in [0.29, 0.717) is 0 Å². The predicted octanol–water partition coefficient (Wildman–Crippen LogP) is -7.51. The minimum atomic E-state index is -5.17. The Balaban J connectivity index is -0.0000000286. The second kappa shape index (κ2) is 13.4. The van der Waals surface area contributed by atoms with Crippen LogP contribution in [0, 0.1) is 0 Å². The molecule has 0 atom stereocenters. The van der Waals surface area contributed by atoms with Gasteiger partial charge in [-0.2, -0.15) is 0 Å². The van der Waals surface area contributed by atoms with Crippen molar-refractivity contribution in [3.63, 3.8) is 0 Å². The minimum Gasteiger partial charge on any atom is -0.759 e. The van der Waals surface area contributed by atoms with E-state index >= 15 is 0 Å². The Bertz CT molecular complexity index is 109. The van der Waals surface area contributed by atoms with Crippen molar-refractivity contribution in [1.82, 2.24) is 0 Å². The normalized spacial score (nSPS) is 6.89. The van der Waals surface area contributed by atoms with Crippen LogP contribution in [0.15, 0.2) is 0 Å². The molecule has 44 valence electrons. The third-order valence-electron chi connectivity index (χ3n) is 0. The van der Waals surface area contributed by atoms with Gasteiger partial charge in [0.15, 0.2) is 0 Å². The summed E-state index contributed by atoms with van der Waals surface area (Å²) in [5, 5.41) is 0. The van der Waals surface area contributed by atoms with Crippen LogP contribution in [0.25, 0.3) is 0 Å². The topological polar surface area (TPSA) is 97.3 Å². The third-order valence-corrected chi connectivity index (χ3v) is 0. The van der Waals surface area contributed by atoms with Crippen molar-refractivity contribution >= 4 is 17.2 Å². The van der Waals surface area contributed by atoms with Crippen LogP contribution in [0.2, 0.25) is 0 Å². The Kier molecular flexibility index (Phi) is 33.7. The monoisotopic (exact) mass is 204 g/mol. The zero-order valence-electron chi connectivity index (χ0n) is 5.16. The van der Waals surface area contributed by atoms with Crippen molar-refractivity contribution in [3.8, 4) is 0 Å². The first-order valence-electron chi connectivity index (χ1n) is 0.955. The van der Waals surface area contributed by atoms with Gasteiger partial charge in [-0.3, -0.25) is 8.42 Å². The van der Waals surface area contributed by atoms with Gasteiger partial charge in [0.05, 0.1) is 0 Å². The van der Waals surface area contributed by atoms with Gasteiger partial charge in [-0.25, -0.2) is 0 Å². The molecule has 0 unspecified atom stereocenters. The molecule has 0 aromatic heterocycles. The number of carbonyl (C=O) groups excluding carboxylic acids is 1. The molecule has 0 bridgehead atoms. The molecular formula is CH2K2O5S. The summed E-state index contributed by atoms with van der Waals surface area (Å²) in [6, 6.07) is 0. The maximum atomic E-state index is 8.52. The molecule has 8 heteroatoms. The van der Waals surface area contributed by atoms with Crippen LogP contribution in [0.4, 0.5) is 0 Å². The Morgan fingerprint density at radius 2 is 1.00 bits per heavy atom. The molecule has 0 aliphatic heterocycles. The summed E-state index contributed by atoms with van der Waals surface area (Å²) in [6.07, 6.45) is 0. The maximum Gasteiger partial charge on any atom is 1.00 e. The van der Waals surface area contributed by atoms with E-state index in [1.54, 1.807) is 0 Å². The maximum absolute atomic E-state index is 8.52. The Hall–Kier alpha value is 2.81. The third kappa shape index (κ3) is 106. The molecule has 0 radical (unpaired) electrons. The number of hydrogen-bond acceptors (Lipinski definition) is 5. The zero-order valence-corrected chi connectivity index (χ0v) is 12.2. The molecular weight excluding hydrogens is 202 g/mol.